The topological polar surface area (TPSA) is 47.0 Å². The largest absolute Gasteiger partial charge is 0.374 e. The Morgan fingerprint density at radius 2 is 2.13 bits per heavy atom. The molecule has 0 radical (unpaired) electrons. The highest BCUT2D eigenvalue weighted by atomic mass is 16.5. The normalized spacial score (nSPS) is 13.1. The number of aromatic nitrogens is 2. The molecule has 0 aromatic carbocycles. The van der Waals surface area contributed by atoms with Crippen molar-refractivity contribution in [3.63, 3.8) is 0 Å². The van der Waals surface area contributed by atoms with Gasteiger partial charge in [-0.25, -0.2) is 9.97 Å². The SMILES string of the molecule is COC(C)c1nccc(CNC(C)C)n1. The maximum atomic E-state index is 5.17. The van der Waals surface area contributed by atoms with Crippen molar-refractivity contribution < 1.29 is 4.74 Å². The van der Waals surface area contributed by atoms with E-state index in [9.17, 15) is 0 Å². The summed E-state index contributed by atoms with van der Waals surface area (Å²) in [6.45, 7) is 6.93. The van der Waals surface area contributed by atoms with Crippen molar-refractivity contribution in [2.24, 2.45) is 0 Å². The van der Waals surface area contributed by atoms with Gasteiger partial charge in [0, 0.05) is 25.9 Å². The van der Waals surface area contributed by atoms with Gasteiger partial charge in [0.05, 0.1) is 5.69 Å². The Hall–Kier alpha value is -1.00. The molecule has 4 nitrogen and oxygen atoms in total. The third-order valence-electron chi connectivity index (χ3n) is 2.14. The second-order valence-corrected chi connectivity index (χ2v) is 3.82. The zero-order valence-corrected chi connectivity index (χ0v) is 9.82. The highest BCUT2D eigenvalue weighted by molar-refractivity contribution is 5.03. The predicted octanol–water partition coefficient (Wildman–Crippen LogP) is 1.68. The Labute approximate surface area is 91.1 Å². The fraction of sp³-hybridized carbons (Fsp3) is 0.636. The minimum Gasteiger partial charge on any atom is -0.374 e. The summed E-state index contributed by atoms with van der Waals surface area (Å²) in [6.07, 6.45) is 1.72. The Bertz CT molecular complexity index is 302. The van der Waals surface area contributed by atoms with Crippen molar-refractivity contribution in [2.45, 2.75) is 39.5 Å². The highest BCUT2D eigenvalue weighted by Gasteiger charge is 2.07. The number of ether oxygens (including phenoxy) is 1. The molecule has 1 atom stereocenters. The van der Waals surface area contributed by atoms with E-state index in [0.29, 0.717) is 6.04 Å². The van der Waals surface area contributed by atoms with Crippen LogP contribution in [0.1, 0.15) is 38.4 Å². The summed E-state index contributed by atoms with van der Waals surface area (Å²) in [6, 6.07) is 2.38. The molecule has 0 aliphatic carbocycles. The molecule has 0 bridgehead atoms. The lowest BCUT2D eigenvalue weighted by Gasteiger charge is -2.10. The zero-order valence-electron chi connectivity index (χ0n) is 9.82. The first-order valence-corrected chi connectivity index (χ1v) is 5.21. The molecule has 1 N–H and O–H groups in total. The lowest BCUT2D eigenvalue weighted by Crippen LogP contribution is -2.22. The average Bonchev–Trinajstić information content (AvgIpc) is 2.25. The van der Waals surface area contributed by atoms with Gasteiger partial charge >= 0.3 is 0 Å². The summed E-state index contributed by atoms with van der Waals surface area (Å²) in [5, 5.41) is 3.31. The monoisotopic (exact) mass is 209 g/mol. The molecule has 0 aliphatic heterocycles. The van der Waals surface area contributed by atoms with Crippen LogP contribution in [0.5, 0.6) is 0 Å². The van der Waals surface area contributed by atoms with Crippen LogP contribution in [-0.4, -0.2) is 23.1 Å². The molecule has 0 amide bonds. The Morgan fingerprint density at radius 3 is 2.73 bits per heavy atom. The van der Waals surface area contributed by atoms with E-state index in [-0.39, 0.29) is 6.10 Å². The zero-order chi connectivity index (χ0) is 11.3. The van der Waals surface area contributed by atoms with Crippen molar-refractivity contribution in [3.8, 4) is 0 Å². The summed E-state index contributed by atoms with van der Waals surface area (Å²) in [4.78, 5) is 8.59. The molecule has 0 fully saturated rings. The number of nitrogens with one attached hydrogen (secondary N) is 1. The van der Waals surface area contributed by atoms with Gasteiger partial charge in [-0.15, -0.1) is 0 Å². The van der Waals surface area contributed by atoms with E-state index in [4.69, 9.17) is 4.74 Å². The van der Waals surface area contributed by atoms with Crippen LogP contribution in [0.2, 0.25) is 0 Å². The Morgan fingerprint density at radius 1 is 1.40 bits per heavy atom. The van der Waals surface area contributed by atoms with Crippen molar-refractivity contribution in [1.29, 1.82) is 0 Å². The van der Waals surface area contributed by atoms with Crippen LogP contribution in [0, 0.1) is 0 Å². The van der Waals surface area contributed by atoms with Crippen LogP contribution in [0.3, 0.4) is 0 Å². The number of nitrogens with zero attached hydrogens (tertiary/aromatic N) is 2. The van der Waals surface area contributed by atoms with Crippen LogP contribution in [0.25, 0.3) is 0 Å². The van der Waals surface area contributed by atoms with Gasteiger partial charge in [-0.2, -0.15) is 0 Å². The lowest BCUT2D eigenvalue weighted by atomic mass is 10.3. The number of hydrogen-bond acceptors (Lipinski definition) is 4. The van der Waals surface area contributed by atoms with Gasteiger partial charge in [-0.05, 0) is 13.0 Å². The van der Waals surface area contributed by atoms with Crippen LogP contribution in [0.15, 0.2) is 12.3 Å². The number of rotatable bonds is 5. The molecule has 1 unspecified atom stereocenters. The molecule has 1 rings (SSSR count). The van der Waals surface area contributed by atoms with E-state index in [1.165, 1.54) is 0 Å². The fourth-order valence-electron chi connectivity index (χ4n) is 1.12. The minimum absolute atomic E-state index is 0.0519. The summed E-state index contributed by atoms with van der Waals surface area (Å²) < 4.78 is 5.17. The van der Waals surface area contributed by atoms with Gasteiger partial charge < -0.3 is 10.1 Å². The van der Waals surface area contributed by atoms with E-state index in [2.05, 4.69) is 29.1 Å². The van der Waals surface area contributed by atoms with Crippen LogP contribution in [-0.2, 0) is 11.3 Å². The van der Waals surface area contributed by atoms with Gasteiger partial charge in [-0.1, -0.05) is 13.8 Å². The van der Waals surface area contributed by atoms with Crippen molar-refractivity contribution in [2.75, 3.05) is 7.11 Å². The Kier molecular flexibility index (Phi) is 4.65. The second kappa shape index (κ2) is 5.78. The molecule has 0 saturated heterocycles. The molecule has 1 aromatic heterocycles. The predicted molar refractivity (Wildman–Crippen MR) is 59.4 cm³/mol. The molecule has 0 aliphatic rings. The summed E-state index contributed by atoms with van der Waals surface area (Å²) in [5.74, 6) is 0.737. The first-order valence-electron chi connectivity index (χ1n) is 5.21. The molecule has 15 heavy (non-hydrogen) atoms. The van der Waals surface area contributed by atoms with Gasteiger partial charge in [0.2, 0.25) is 0 Å². The Balaban J connectivity index is 2.65. The lowest BCUT2D eigenvalue weighted by molar-refractivity contribution is 0.112. The van der Waals surface area contributed by atoms with E-state index >= 15 is 0 Å². The maximum absolute atomic E-state index is 5.17. The summed E-state index contributed by atoms with van der Waals surface area (Å²) >= 11 is 0. The molecule has 84 valence electrons. The third-order valence-corrected chi connectivity index (χ3v) is 2.14. The number of hydrogen-bond donors (Lipinski definition) is 1. The highest BCUT2D eigenvalue weighted by Crippen LogP contribution is 2.09. The van der Waals surface area contributed by atoms with E-state index in [1.807, 2.05) is 13.0 Å². The van der Waals surface area contributed by atoms with Crippen LogP contribution in [0.4, 0.5) is 0 Å². The first-order chi connectivity index (χ1) is 7.13. The average molecular weight is 209 g/mol. The smallest absolute Gasteiger partial charge is 0.157 e. The molecular weight excluding hydrogens is 190 g/mol. The molecule has 0 saturated carbocycles. The summed E-state index contributed by atoms with van der Waals surface area (Å²) in [7, 11) is 1.66. The van der Waals surface area contributed by atoms with Crippen molar-refractivity contribution in [1.82, 2.24) is 15.3 Å². The molecule has 1 heterocycles. The van der Waals surface area contributed by atoms with Gasteiger partial charge in [0.25, 0.3) is 0 Å². The minimum atomic E-state index is -0.0519. The van der Waals surface area contributed by atoms with E-state index in [0.717, 1.165) is 18.1 Å². The van der Waals surface area contributed by atoms with Crippen molar-refractivity contribution >= 4 is 0 Å². The maximum Gasteiger partial charge on any atom is 0.157 e. The van der Waals surface area contributed by atoms with E-state index in [1.54, 1.807) is 13.3 Å². The van der Waals surface area contributed by atoms with Gasteiger partial charge in [0.1, 0.15) is 6.10 Å². The van der Waals surface area contributed by atoms with Crippen LogP contribution < -0.4 is 5.32 Å². The molecular formula is C11H19N3O. The summed E-state index contributed by atoms with van der Waals surface area (Å²) in [5.41, 5.74) is 0.998. The van der Waals surface area contributed by atoms with Crippen LogP contribution >= 0.6 is 0 Å². The fourth-order valence-corrected chi connectivity index (χ4v) is 1.12. The molecule has 1 aromatic rings. The first kappa shape index (κ1) is 12.1. The number of methoxy groups -OCH3 is 1. The quantitative estimate of drug-likeness (QED) is 0.801. The van der Waals surface area contributed by atoms with Gasteiger partial charge in [-0.3, -0.25) is 0 Å². The second-order valence-electron chi connectivity index (χ2n) is 3.82. The standard InChI is InChI=1S/C11H19N3O/c1-8(2)13-7-10-5-6-12-11(14-10)9(3)15-4/h5-6,8-9,13H,7H2,1-4H3. The molecule has 4 heteroatoms. The van der Waals surface area contributed by atoms with Gasteiger partial charge in [0.15, 0.2) is 5.82 Å². The van der Waals surface area contributed by atoms with E-state index < -0.39 is 0 Å². The van der Waals surface area contributed by atoms with Crippen molar-refractivity contribution in [3.05, 3.63) is 23.8 Å². The third kappa shape index (κ3) is 3.93. The molecule has 0 spiro atoms.